The molecule has 0 aliphatic heterocycles. The normalized spacial score (nSPS) is 9.94. The van der Waals surface area contributed by atoms with Gasteiger partial charge >= 0.3 is 5.97 Å². The van der Waals surface area contributed by atoms with Crippen LogP contribution in [0.2, 0.25) is 0 Å². The standard InChI is InChI=1S/C12H14O4/c1-7-4-5-10(16-3)9(6-8(2)13)11(7)12(14)15/h4-5H,6H2,1-3H3,(H,14,15). The topological polar surface area (TPSA) is 63.6 Å². The third-order valence-electron chi connectivity index (χ3n) is 2.34. The van der Waals surface area contributed by atoms with Crippen molar-refractivity contribution in [3.8, 4) is 5.75 Å². The number of carbonyl (C=O) groups is 2. The number of benzene rings is 1. The summed E-state index contributed by atoms with van der Waals surface area (Å²) in [4.78, 5) is 22.2. The molecule has 1 aromatic rings. The molecule has 4 nitrogen and oxygen atoms in total. The quantitative estimate of drug-likeness (QED) is 0.844. The van der Waals surface area contributed by atoms with Crippen molar-refractivity contribution in [3.63, 3.8) is 0 Å². The summed E-state index contributed by atoms with van der Waals surface area (Å²) in [6.45, 7) is 3.12. The Morgan fingerprint density at radius 3 is 2.44 bits per heavy atom. The summed E-state index contributed by atoms with van der Waals surface area (Å²) in [5.74, 6) is -0.683. The number of rotatable bonds is 4. The van der Waals surface area contributed by atoms with Crippen LogP contribution in [0.25, 0.3) is 0 Å². The van der Waals surface area contributed by atoms with Crippen LogP contribution in [-0.4, -0.2) is 24.0 Å². The first-order chi connectivity index (χ1) is 7.47. The molecule has 0 aliphatic carbocycles. The van der Waals surface area contributed by atoms with E-state index in [1.54, 1.807) is 19.1 Å². The van der Waals surface area contributed by atoms with Gasteiger partial charge in [0.25, 0.3) is 0 Å². The number of aromatic carboxylic acids is 1. The number of ether oxygens (including phenoxy) is 1. The van der Waals surface area contributed by atoms with Crippen LogP contribution < -0.4 is 4.74 Å². The molecule has 86 valence electrons. The second-order valence-corrected chi connectivity index (χ2v) is 3.62. The lowest BCUT2D eigenvalue weighted by Gasteiger charge is -2.12. The highest BCUT2D eigenvalue weighted by Gasteiger charge is 2.18. The van der Waals surface area contributed by atoms with Crippen molar-refractivity contribution in [2.75, 3.05) is 7.11 Å². The van der Waals surface area contributed by atoms with E-state index in [1.807, 2.05) is 0 Å². The van der Waals surface area contributed by atoms with Crippen LogP contribution in [0, 0.1) is 6.92 Å². The van der Waals surface area contributed by atoms with Gasteiger partial charge in [-0.2, -0.15) is 0 Å². The lowest BCUT2D eigenvalue weighted by molar-refractivity contribution is -0.116. The van der Waals surface area contributed by atoms with Crippen molar-refractivity contribution >= 4 is 11.8 Å². The minimum atomic E-state index is -1.03. The Bertz CT molecular complexity index is 435. The smallest absolute Gasteiger partial charge is 0.336 e. The average Bonchev–Trinajstić information content (AvgIpc) is 2.16. The van der Waals surface area contributed by atoms with Crippen LogP contribution in [-0.2, 0) is 11.2 Å². The van der Waals surface area contributed by atoms with E-state index in [0.717, 1.165) is 0 Å². The van der Waals surface area contributed by atoms with Gasteiger partial charge in [0.05, 0.1) is 12.7 Å². The first-order valence-electron chi connectivity index (χ1n) is 4.86. The predicted molar refractivity (Wildman–Crippen MR) is 59.1 cm³/mol. The van der Waals surface area contributed by atoms with Crippen LogP contribution in [0.15, 0.2) is 12.1 Å². The molecule has 0 aliphatic rings. The second kappa shape index (κ2) is 4.79. The highest BCUT2D eigenvalue weighted by molar-refractivity contribution is 5.94. The molecule has 0 heterocycles. The SMILES string of the molecule is COc1ccc(C)c(C(=O)O)c1CC(C)=O. The van der Waals surface area contributed by atoms with Crippen LogP contribution in [0.4, 0.5) is 0 Å². The Labute approximate surface area is 93.9 Å². The van der Waals surface area contributed by atoms with Gasteiger partial charge in [-0.15, -0.1) is 0 Å². The second-order valence-electron chi connectivity index (χ2n) is 3.62. The van der Waals surface area contributed by atoms with E-state index in [1.165, 1.54) is 14.0 Å². The molecule has 0 amide bonds. The summed E-state index contributed by atoms with van der Waals surface area (Å²) in [6, 6.07) is 3.35. The Kier molecular flexibility index (Phi) is 3.66. The molecule has 1 N–H and O–H groups in total. The van der Waals surface area contributed by atoms with E-state index in [2.05, 4.69) is 0 Å². The van der Waals surface area contributed by atoms with E-state index >= 15 is 0 Å². The summed E-state index contributed by atoms with van der Waals surface area (Å²) in [7, 11) is 1.46. The number of Topliss-reactive ketones (excluding diaryl/α,β-unsaturated/α-hetero) is 1. The van der Waals surface area contributed by atoms with E-state index in [9.17, 15) is 9.59 Å². The van der Waals surface area contributed by atoms with Crippen molar-refractivity contribution < 1.29 is 19.4 Å². The summed E-state index contributed by atoms with van der Waals surface area (Å²) in [5.41, 5.74) is 1.24. The van der Waals surface area contributed by atoms with Crippen molar-refractivity contribution in [3.05, 3.63) is 28.8 Å². The molecular formula is C12H14O4. The molecule has 0 saturated carbocycles. The molecule has 0 spiro atoms. The maximum atomic E-state index is 11.1. The van der Waals surface area contributed by atoms with E-state index in [0.29, 0.717) is 16.9 Å². The fourth-order valence-corrected chi connectivity index (χ4v) is 1.66. The number of ketones is 1. The van der Waals surface area contributed by atoms with E-state index in [4.69, 9.17) is 9.84 Å². The fraction of sp³-hybridized carbons (Fsp3) is 0.333. The number of carboxylic acids is 1. The number of aryl methyl sites for hydroxylation is 1. The zero-order chi connectivity index (χ0) is 12.3. The third kappa shape index (κ3) is 2.39. The Morgan fingerprint density at radius 1 is 1.38 bits per heavy atom. The lowest BCUT2D eigenvalue weighted by Crippen LogP contribution is -2.10. The van der Waals surface area contributed by atoms with Crippen molar-refractivity contribution in [2.24, 2.45) is 0 Å². The van der Waals surface area contributed by atoms with Gasteiger partial charge in [-0.25, -0.2) is 4.79 Å². The highest BCUT2D eigenvalue weighted by atomic mass is 16.5. The lowest BCUT2D eigenvalue weighted by atomic mass is 9.97. The maximum Gasteiger partial charge on any atom is 0.336 e. The molecule has 16 heavy (non-hydrogen) atoms. The number of carboxylic acid groups (broad SMARTS) is 1. The molecule has 0 saturated heterocycles. The van der Waals surface area contributed by atoms with Gasteiger partial charge < -0.3 is 9.84 Å². The van der Waals surface area contributed by atoms with Crippen LogP contribution >= 0.6 is 0 Å². The van der Waals surface area contributed by atoms with Gasteiger partial charge in [-0.1, -0.05) is 6.07 Å². The monoisotopic (exact) mass is 222 g/mol. The van der Waals surface area contributed by atoms with E-state index in [-0.39, 0.29) is 17.8 Å². The zero-order valence-corrected chi connectivity index (χ0v) is 9.53. The number of methoxy groups -OCH3 is 1. The summed E-state index contributed by atoms with van der Waals surface area (Å²) >= 11 is 0. The molecule has 1 aromatic carbocycles. The van der Waals surface area contributed by atoms with Gasteiger partial charge in [0.15, 0.2) is 0 Å². The summed E-state index contributed by atoms with van der Waals surface area (Å²) < 4.78 is 5.08. The number of carbonyl (C=O) groups excluding carboxylic acids is 1. The van der Waals surface area contributed by atoms with Crippen molar-refractivity contribution in [1.29, 1.82) is 0 Å². The molecule has 1 rings (SSSR count). The number of hydrogen-bond acceptors (Lipinski definition) is 3. The fourth-order valence-electron chi connectivity index (χ4n) is 1.66. The first kappa shape index (κ1) is 12.2. The predicted octanol–water partition coefficient (Wildman–Crippen LogP) is 1.83. The van der Waals surface area contributed by atoms with E-state index < -0.39 is 5.97 Å². The first-order valence-corrected chi connectivity index (χ1v) is 4.86. The van der Waals surface area contributed by atoms with Gasteiger partial charge in [0.2, 0.25) is 0 Å². The van der Waals surface area contributed by atoms with Gasteiger partial charge in [-0.3, -0.25) is 4.79 Å². The average molecular weight is 222 g/mol. The van der Waals surface area contributed by atoms with Gasteiger partial charge in [0, 0.05) is 12.0 Å². The summed E-state index contributed by atoms with van der Waals surface area (Å²) in [5, 5.41) is 9.11. The maximum absolute atomic E-state index is 11.1. The van der Waals surface area contributed by atoms with Crippen molar-refractivity contribution in [1.82, 2.24) is 0 Å². The Hall–Kier alpha value is -1.84. The largest absolute Gasteiger partial charge is 0.496 e. The molecule has 0 atom stereocenters. The molecular weight excluding hydrogens is 208 g/mol. The third-order valence-corrected chi connectivity index (χ3v) is 2.34. The Balaban J connectivity index is 3.42. The minimum absolute atomic E-state index is 0.0759. The highest BCUT2D eigenvalue weighted by Crippen LogP contribution is 2.26. The molecule has 0 aromatic heterocycles. The summed E-state index contributed by atoms with van der Waals surface area (Å²) in [6.07, 6.45) is 0.0759. The molecule has 4 heteroatoms. The number of hydrogen-bond donors (Lipinski definition) is 1. The zero-order valence-electron chi connectivity index (χ0n) is 9.53. The molecule has 0 bridgehead atoms. The van der Waals surface area contributed by atoms with Crippen LogP contribution in [0.1, 0.15) is 28.4 Å². The molecule has 0 fully saturated rings. The van der Waals surface area contributed by atoms with Gasteiger partial charge in [0.1, 0.15) is 11.5 Å². The molecule has 0 unspecified atom stereocenters. The minimum Gasteiger partial charge on any atom is -0.496 e. The van der Waals surface area contributed by atoms with Gasteiger partial charge in [-0.05, 0) is 25.5 Å². The van der Waals surface area contributed by atoms with Crippen LogP contribution in [0.5, 0.6) is 5.75 Å². The van der Waals surface area contributed by atoms with Crippen LogP contribution in [0.3, 0.4) is 0 Å². The molecule has 0 radical (unpaired) electrons. The Morgan fingerprint density at radius 2 is 2.00 bits per heavy atom. The van der Waals surface area contributed by atoms with Crippen molar-refractivity contribution in [2.45, 2.75) is 20.3 Å².